The van der Waals surface area contributed by atoms with Crippen molar-refractivity contribution in [3.63, 3.8) is 0 Å². The Balaban J connectivity index is 1.96. The van der Waals surface area contributed by atoms with Crippen molar-refractivity contribution in [1.82, 2.24) is 19.7 Å². The fourth-order valence-corrected chi connectivity index (χ4v) is 3.04. The molecule has 0 radical (unpaired) electrons. The van der Waals surface area contributed by atoms with Crippen LogP contribution in [0.1, 0.15) is 30.3 Å². The topological polar surface area (TPSA) is 97.5 Å². The summed E-state index contributed by atoms with van der Waals surface area (Å²) in [6, 6.07) is 7.04. The first-order valence-electron chi connectivity index (χ1n) is 8.85. The highest BCUT2D eigenvalue weighted by Gasteiger charge is 2.17. The Morgan fingerprint density at radius 2 is 1.89 bits per heavy atom. The van der Waals surface area contributed by atoms with Crippen LogP contribution in [0.2, 0.25) is 5.15 Å². The van der Waals surface area contributed by atoms with E-state index in [9.17, 15) is 4.79 Å². The number of methoxy groups -OCH3 is 1. The summed E-state index contributed by atoms with van der Waals surface area (Å²) in [4.78, 5) is 21.5. The van der Waals surface area contributed by atoms with E-state index in [0.29, 0.717) is 16.5 Å². The number of nitrogens with zero attached hydrogens (tertiary/aromatic N) is 5. The van der Waals surface area contributed by atoms with Gasteiger partial charge < -0.3 is 4.74 Å². The fourth-order valence-electron chi connectivity index (χ4n) is 2.73. The standard InChI is InChI=1S/C19H21ClN6O2/c1-5-6-15-11(2)21-19(22-17(15)20)26-18(27)16(12(3)25-26)24-23-13-7-9-14(28-4)10-8-13/h7-10,25H,5-6H2,1-4H3. The smallest absolute Gasteiger partial charge is 0.301 e. The van der Waals surface area contributed by atoms with E-state index in [0.717, 1.165) is 29.8 Å². The largest absolute Gasteiger partial charge is 0.497 e. The molecule has 0 saturated carbocycles. The number of hydrogen-bond acceptors (Lipinski definition) is 6. The highest BCUT2D eigenvalue weighted by Crippen LogP contribution is 2.22. The maximum absolute atomic E-state index is 12.8. The van der Waals surface area contributed by atoms with E-state index in [-0.39, 0.29) is 11.6 Å². The van der Waals surface area contributed by atoms with Gasteiger partial charge in [-0.15, -0.1) is 5.11 Å². The summed E-state index contributed by atoms with van der Waals surface area (Å²) in [5.74, 6) is 0.899. The number of aryl methyl sites for hydroxylation is 2. The third-order valence-corrected chi connectivity index (χ3v) is 4.54. The Bertz CT molecular complexity index is 1050. The zero-order chi connectivity index (χ0) is 20.3. The zero-order valence-corrected chi connectivity index (χ0v) is 16.9. The highest BCUT2D eigenvalue weighted by atomic mass is 35.5. The van der Waals surface area contributed by atoms with Gasteiger partial charge in [0.15, 0.2) is 5.69 Å². The van der Waals surface area contributed by atoms with Gasteiger partial charge >= 0.3 is 5.56 Å². The lowest BCUT2D eigenvalue weighted by Gasteiger charge is -2.08. The Morgan fingerprint density at radius 3 is 2.50 bits per heavy atom. The molecule has 3 rings (SSSR count). The number of ether oxygens (including phenoxy) is 1. The van der Waals surface area contributed by atoms with Crippen LogP contribution in [0.5, 0.6) is 5.75 Å². The van der Waals surface area contributed by atoms with Gasteiger partial charge in [0.05, 0.1) is 18.5 Å². The minimum Gasteiger partial charge on any atom is -0.497 e. The Morgan fingerprint density at radius 1 is 1.18 bits per heavy atom. The molecule has 0 fully saturated rings. The number of aromatic nitrogens is 4. The van der Waals surface area contributed by atoms with Crippen LogP contribution in [0.15, 0.2) is 39.3 Å². The van der Waals surface area contributed by atoms with E-state index in [1.54, 1.807) is 38.3 Å². The van der Waals surface area contributed by atoms with Gasteiger partial charge in [0.25, 0.3) is 5.95 Å². The molecule has 0 bridgehead atoms. The van der Waals surface area contributed by atoms with Crippen molar-refractivity contribution in [3.05, 3.63) is 56.7 Å². The summed E-state index contributed by atoms with van der Waals surface area (Å²) in [6.07, 6.45) is 1.71. The van der Waals surface area contributed by atoms with Gasteiger partial charge in [0.1, 0.15) is 10.9 Å². The SMILES string of the molecule is CCCc1c(C)nc(-n2[nH]c(C)c(N=Nc3ccc(OC)cc3)c2=O)nc1Cl. The molecular weight excluding hydrogens is 380 g/mol. The van der Waals surface area contributed by atoms with Crippen LogP contribution >= 0.6 is 11.6 Å². The third kappa shape index (κ3) is 3.96. The highest BCUT2D eigenvalue weighted by molar-refractivity contribution is 6.30. The fraction of sp³-hybridized carbons (Fsp3) is 0.316. The minimum atomic E-state index is -0.395. The van der Waals surface area contributed by atoms with E-state index < -0.39 is 5.56 Å². The molecule has 2 heterocycles. The average molecular weight is 401 g/mol. The van der Waals surface area contributed by atoms with Crippen LogP contribution in [0, 0.1) is 13.8 Å². The average Bonchev–Trinajstić information content (AvgIpc) is 2.97. The molecule has 146 valence electrons. The lowest BCUT2D eigenvalue weighted by atomic mass is 10.1. The maximum Gasteiger partial charge on any atom is 0.301 e. The molecule has 3 aromatic rings. The summed E-state index contributed by atoms with van der Waals surface area (Å²) >= 11 is 6.30. The van der Waals surface area contributed by atoms with Crippen molar-refractivity contribution in [2.75, 3.05) is 7.11 Å². The number of benzene rings is 1. The summed E-state index contributed by atoms with van der Waals surface area (Å²) < 4.78 is 6.34. The summed E-state index contributed by atoms with van der Waals surface area (Å²) in [5, 5.41) is 11.5. The molecule has 0 atom stereocenters. The number of aromatic amines is 1. The molecule has 2 aromatic heterocycles. The molecule has 28 heavy (non-hydrogen) atoms. The van der Waals surface area contributed by atoms with E-state index in [4.69, 9.17) is 16.3 Å². The van der Waals surface area contributed by atoms with Crippen molar-refractivity contribution in [3.8, 4) is 11.7 Å². The number of nitrogens with one attached hydrogen (secondary N) is 1. The first-order chi connectivity index (χ1) is 13.4. The minimum absolute atomic E-state index is 0.182. The van der Waals surface area contributed by atoms with Gasteiger partial charge in [0.2, 0.25) is 0 Å². The number of rotatable bonds is 6. The van der Waals surface area contributed by atoms with E-state index >= 15 is 0 Å². The number of H-pyrrole nitrogens is 1. The first kappa shape index (κ1) is 19.8. The van der Waals surface area contributed by atoms with Crippen LogP contribution < -0.4 is 10.3 Å². The van der Waals surface area contributed by atoms with Gasteiger partial charge in [-0.3, -0.25) is 9.89 Å². The molecule has 8 nitrogen and oxygen atoms in total. The van der Waals surface area contributed by atoms with Crippen LogP contribution in [0.3, 0.4) is 0 Å². The van der Waals surface area contributed by atoms with Crippen LogP contribution in [-0.4, -0.2) is 26.9 Å². The van der Waals surface area contributed by atoms with Crippen molar-refractivity contribution in [2.24, 2.45) is 10.2 Å². The second-order valence-electron chi connectivity index (χ2n) is 6.25. The Kier molecular flexibility index (Phi) is 5.89. The number of halogens is 1. The van der Waals surface area contributed by atoms with Gasteiger partial charge in [0, 0.05) is 11.3 Å². The number of azo groups is 1. The van der Waals surface area contributed by atoms with Crippen LogP contribution in [0.4, 0.5) is 11.4 Å². The van der Waals surface area contributed by atoms with E-state index in [2.05, 4.69) is 32.2 Å². The van der Waals surface area contributed by atoms with Gasteiger partial charge in [-0.25, -0.2) is 4.98 Å². The third-order valence-electron chi connectivity index (χ3n) is 4.23. The zero-order valence-electron chi connectivity index (χ0n) is 16.2. The van der Waals surface area contributed by atoms with Crippen molar-refractivity contribution >= 4 is 23.0 Å². The molecule has 1 aromatic carbocycles. The van der Waals surface area contributed by atoms with Crippen molar-refractivity contribution in [1.29, 1.82) is 0 Å². The molecular formula is C19H21ClN6O2. The van der Waals surface area contributed by atoms with Gasteiger partial charge in [-0.05, 0) is 44.5 Å². The summed E-state index contributed by atoms with van der Waals surface area (Å²) in [7, 11) is 1.59. The van der Waals surface area contributed by atoms with Gasteiger partial charge in [-0.1, -0.05) is 24.9 Å². The second-order valence-corrected chi connectivity index (χ2v) is 6.61. The first-order valence-corrected chi connectivity index (χ1v) is 9.23. The van der Waals surface area contributed by atoms with E-state index in [1.807, 2.05) is 6.92 Å². The molecule has 0 unspecified atom stereocenters. The Labute approximate surface area is 167 Å². The van der Waals surface area contributed by atoms with E-state index in [1.165, 1.54) is 4.68 Å². The molecule has 1 N–H and O–H groups in total. The summed E-state index contributed by atoms with van der Waals surface area (Å²) in [5.41, 5.74) is 2.59. The maximum atomic E-state index is 12.8. The lowest BCUT2D eigenvalue weighted by Crippen LogP contribution is -2.18. The van der Waals surface area contributed by atoms with Gasteiger partial charge in [-0.2, -0.15) is 14.8 Å². The second kappa shape index (κ2) is 8.35. The molecule has 0 saturated heterocycles. The van der Waals surface area contributed by atoms with Crippen LogP contribution in [0.25, 0.3) is 5.95 Å². The van der Waals surface area contributed by atoms with Crippen molar-refractivity contribution in [2.45, 2.75) is 33.6 Å². The molecule has 9 heteroatoms. The number of hydrogen-bond donors (Lipinski definition) is 1. The molecule has 0 aliphatic rings. The molecule has 0 aliphatic heterocycles. The predicted molar refractivity (Wildman–Crippen MR) is 108 cm³/mol. The monoisotopic (exact) mass is 400 g/mol. The predicted octanol–water partition coefficient (Wildman–Crippen LogP) is 4.60. The van der Waals surface area contributed by atoms with Crippen molar-refractivity contribution < 1.29 is 4.74 Å². The lowest BCUT2D eigenvalue weighted by molar-refractivity contribution is 0.415. The molecule has 0 spiro atoms. The quantitative estimate of drug-likeness (QED) is 0.482. The van der Waals surface area contributed by atoms with Crippen LogP contribution in [-0.2, 0) is 6.42 Å². The molecule has 0 amide bonds. The normalized spacial score (nSPS) is 11.3. The summed E-state index contributed by atoms with van der Waals surface area (Å²) in [6.45, 7) is 5.65. The molecule has 0 aliphatic carbocycles. The Hall–Kier alpha value is -3.00.